The molecule has 0 saturated carbocycles. The smallest absolute Gasteiger partial charge is 0.305 e. The van der Waals surface area contributed by atoms with Crippen molar-refractivity contribution in [3.63, 3.8) is 0 Å². The minimum atomic E-state index is -0.940. The van der Waals surface area contributed by atoms with Gasteiger partial charge in [-0.25, -0.2) is 0 Å². The van der Waals surface area contributed by atoms with Gasteiger partial charge in [0.2, 0.25) is 11.8 Å². The Morgan fingerprint density at radius 2 is 1.78 bits per heavy atom. The molecule has 6 heteroatoms. The van der Waals surface area contributed by atoms with E-state index in [0.29, 0.717) is 0 Å². The Bertz CT molecular complexity index is 543. The van der Waals surface area contributed by atoms with Gasteiger partial charge in [-0.1, -0.05) is 30.3 Å². The molecule has 2 N–H and O–H groups in total. The van der Waals surface area contributed by atoms with Gasteiger partial charge in [-0.3, -0.25) is 14.4 Å². The lowest BCUT2D eigenvalue weighted by Crippen LogP contribution is -2.41. The van der Waals surface area contributed by atoms with E-state index in [2.05, 4.69) is 5.32 Å². The maximum atomic E-state index is 12.5. The molecule has 0 spiro atoms. The fourth-order valence-corrected chi connectivity index (χ4v) is 2.36. The third-order valence-electron chi connectivity index (χ3n) is 3.47. The van der Waals surface area contributed by atoms with E-state index in [1.165, 1.54) is 11.8 Å². The Labute approximate surface area is 136 Å². The lowest BCUT2D eigenvalue weighted by molar-refractivity contribution is -0.139. The Balaban J connectivity index is 2.85. The highest BCUT2D eigenvalue weighted by atomic mass is 16.4. The fourth-order valence-electron chi connectivity index (χ4n) is 2.36. The van der Waals surface area contributed by atoms with Gasteiger partial charge in [0.25, 0.3) is 0 Å². The van der Waals surface area contributed by atoms with Crippen LogP contribution in [0, 0.1) is 0 Å². The maximum absolute atomic E-state index is 12.5. The van der Waals surface area contributed by atoms with Crippen LogP contribution in [0.15, 0.2) is 30.3 Å². The summed E-state index contributed by atoms with van der Waals surface area (Å²) in [7, 11) is 0. The van der Waals surface area contributed by atoms with Crippen molar-refractivity contribution in [1.29, 1.82) is 0 Å². The Kier molecular flexibility index (Phi) is 7.25. The predicted molar refractivity (Wildman–Crippen MR) is 86.7 cm³/mol. The third kappa shape index (κ3) is 6.50. The van der Waals surface area contributed by atoms with E-state index >= 15 is 0 Å². The average molecular weight is 320 g/mol. The number of carboxylic acids is 1. The van der Waals surface area contributed by atoms with Crippen LogP contribution in [0.2, 0.25) is 0 Å². The highest BCUT2D eigenvalue weighted by molar-refractivity contribution is 5.80. The van der Waals surface area contributed by atoms with Crippen molar-refractivity contribution in [3.8, 4) is 0 Å². The first kappa shape index (κ1) is 18.7. The third-order valence-corrected chi connectivity index (χ3v) is 3.47. The molecule has 2 amide bonds. The Morgan fingerprint density at radius 3 is 2.26 bits per heavy atom. The van der Waals surface area contributed by atoms with Crippen LogP contribution in [-0.4, -0.2) is 40.4 Å². The van der Waals surface area contributed by atoms with E-state index in [1.54, 1.807) is 0 Å². The van der Waals surface area contributed by atoms with E-state index < -0.39 is 12.0 Å². The number of aliphatic carboxylic acids is 1. The monoisotopic (exact) mass is 320 g/mol. The van der Waals surface area contributed by atoms with Gasteiger partial charge in [0, 0.05) is 19.5 Å². The van der Waals surface area contributed by atoms with Crippen LogP contribution in [0.1, 0.15) is 45.2 Å². The van der Waals surface area contributed by atoms with Crippen LogP contribution >= 0.6 is 0 Å². The van der Waals surface area contributed by atoms with E-state index in [9.17, 15) is 14.4 Å². The molecule has 1 unspecified atom stereocenters. The SMILES string of the molecule is CC(=O)NC(CC(=O)N(CCC(=O)O)C(C)C)c1ccccc1. The lowest BCUT2D eigenvalue weighted by Gasteiger charge is -2.28. The molecule has 0 aliphatic carbocycles. The quantitative estimate of drug-likeness (QED) is 0.766. The number of carbonyl (C=O) groups excluding carboxylic acids is 2. The highest BCUT2D eigenvalue weighted by Gasteiger charge is 2.23. The van der Waals surface area contributed by atoms with E-state index in [4.69, 9.17) is 5.11 Å². The van der Waals surface area contributed by atoms with E-state index in [1.807, 2.05) is 44.2 Å². The molecule has 0 bridgehead atoms. The first-order valence-corrected chi connectivity index (χ1v) is 7.64. The van der Waals surface area contributed by atoms with Crippen LogP contribution in [0.4, 0.5) is 0 Å². The molecule has 23 heavy (non-hydrogen) atoms. The van der Waals surface area contributed by atoms with Crippen LogP contribution < -0.4 is 5.32 Å². The average Bonchev–Trinajstić information content (AvgIpc) is 2.46. The van der Waals surface area contributed by atoms with Gasteiger partial charge in [0.15, 0.2) is 0 Å². The number of amides is 2. The van der Waals surface area contributed by atoms with Crippen LogP contribution in [0.25, 0.3) is 0 Å². The summed E-state index contributed by atoms with van der Waals surface area (Å²) in [6, 6.07) is 8.74. The summed E-state index contributed by atoms with van der Waals surface area (Å²) in [5, 5.41) is 11.6. The summed E-state index contributed by atoms with van der Waals surface area (Å²) in [6.07, 6.45) is 0.00144. The van der Waals surface area contributed by atoms with Gasteiger partial charge in [-0.2, -0.15) is 0 Å². The zero-order valence-electron chi connectivity index (χ0n) is 13.8. The van der Waals surface area contributed by atoms with Gasteiger partial charge in [0.05, 0.1) is 18.9 Å². The minimum absolute atomic E-state index is 0.0972. The molecule has 1 aromatic rings. The number of benzene rings is 1. The first-order valence-electron chi connectivity index (χ1n) is 7.64. The van der Waals surface area contributed by atoms with Crippen molar-refractivity contribution in [2.45, 2.75) is 45.7 Å². The number of hydrogen-bond acceptors (Lipinski definition) is 3. The van der Waals surface area contributed by atoms with Gasteiger partial charge >= 0.3 is 5.97 Å². The Hall–Kier alpha value is -2.37. The van der Waals surface area contributed by atoms with Crippen molar-refractivity contribution in [2.24, 2.45) is 0 Å². The predicted octanol–water partition coefficient (Wildman–Crippen LogP) is 1.97. The second-order valence-corrected chi connectivity index (χ2v) is 5.69. The van der Waals surface area contributed by atoms with Gasteiger partial charge in [-0.05, 0) is 19.4 Å². The second-order valence-electron chi connectivity index (χ2n) is 5.69. The molecule has 126 valence electrons. The molecule has 0 saturated heterocycles. The van der Waals surface area contributed by atoms with Crippen LogP contribution in [0.3, 0.4) is 0 Å². The molecule has 0 aliphatic heterocycles. The van der Waals surface area contributed by atoms with Gasteiger partial charge in [-0.15, -0.1) is 0 Å². The first-order chi connectivity index (χ1) is 10.8. The zero-order valence-corrected chi connectivity index (χ0v) is 13.8. The number of carbonyl (C=O) groups is 3. The number of rotatable bonds is 8. The van der Waals surface area contributed by atoms with Crippen molar-refractivity contribution >= 4 is 17.8 Å². The summed E-state index contributed by atoms with van der Waals surface area (Å²) in [5.41, 5.74) is 0.845. The summed E-state index contributed by atoms with van der Waals surface area (Å²) in [4.78, 5) is 36.2. The zero-order chi connectivity index (χ0) is 17.4. The molecule has 0 aliphatic rings. The molecule has 1 aromatic carbocycles. The Morgan fingerprint density at radius 1 is 1.17 bits per heavy atom. The topological polar surface area (TPSA) is 86.7 Å². The number of nitrogens with zero attached hydrogens (tertiary/aromatic N) is 1. The number of hydrogen-bond donors (Lipinski definition) is 2. The molecular weight excluding hydrogens is 296 g/mol. The molecule has 6 nitrogen and oxygen atoms in total. The van der Waals surface area contributed by atoms with Crippen molar-refractivity contribution in [2.75, 3.05) is 6.54 Å². The molecule has 1 atom stereocenters. The van der Waals surface area contributed by atoms with Crippen molar-refractivity contribution in [1.82, 2.24) is 10.2 Å². The summed E-state index contributed by atoms with van der Waals surface area (Å²) < 4.78 is 0. The number of nitrogens with one attached hydrogen (secondary N) is 1. The van der Waals surface area contributed by atoms with Gasteiger partial charge in [0.1, 0.15) is 0 Å². The summed E-state index contributed by atoms with van der Waals surface area (Å²) in [5.74, 6) is -1.33. The second kappa shape index (κ2) is 8.92. The largest absolute Gasteiger partial charge is 0.481 e. The summed E-state index contributed by atoms with van der Waals surface area (Å²) in [6.45, 7) is 5.25. The molecule has 0 radical (unpaired) electrons. The molecule has 0 aromatic heterocycles. The molecular formula is C17H24N2O4. The maximum Gasteiger partial charge on any atom is 0.305 e. The van der Waals surface area contributed by atoms with Gasteiger partial charge < -0.3 is 15.3 Å². The van der Waals surface area contributed by atoms with Crippen molar-refractivity contribution in [3.05, 3.63) is 35.9 Å². The highest BCUT2D eigenvalue weighted by Crippen LogP contribution is 2.19. The molecule has 1 rings (SSSR count). The van der Waals surface area contributed by atoms with Crippen LogP contribution in [-0.2, 0) is 14.4 Å². The molecule has 0 heterocycles. The van der Waals surface area contributed by atoms with E-state index in [0.717, 1.165) is 5.56 Å². The van der Waals surface area contributed by atoms with E-state index in [-0.39, 0.29) is 37.2 Å². The normalized spacial score (nSPS) is 11.8. The lowest BCUT2D eigenvalue weighted by atomic mass is 10.0. The minimum Gasteiger partial charge on any atom is -0.481 e. The van der Waals surface area contributed by atoms with Crippen molar-refractivity contribution < 1.29 is 19.5 Å². The standard InChI is InChI=1S/C17H24N2O4/c1-12(2)19(10-9-17(22)23)16(21)11-15(18-13(3)20)14-7-5-4-6-8-14/h4-8,12,15H,9-11H2,1-3H3,(H,18,20)(H,22,23). The summed E-state index contributed by atoms with van der Waals surface area (Å²) >= 11 is 0. The number of carboxylic acid groups (broad SMARTS) is 1. The van der Waals surface area contributed by atoms with Crippen LogP contribution in [0.5, 0.6) is 0 Å². The fraction of sp³-hybridized carbons (Fsp3) is 0.471. The molecule has 0 fully saturated rings.